The van der Waals surface area contributed by atoms with Crippen LogP contribution < -0.4 is 20.1 Å². The van der Waals surface area contributed by atoms with E-state index in [9.17, 15) is 0 Å². The van der Waals surface area contributed by atoms with Gasteiger partial charge in [-0.3, -0.25) is 0 Å². The molecule has 0 aliphatic carbocycles. The van der Waals surface area contributed by atoms with E-state index in [0.717, 1.165) is 34.4 Å². The Morgan fingerprint density at radius 3 is 1.78 bits per heavy atom. The van der Waals surface area contributed by atoms with Crippen molar-refractivity contribution in [3.05, 3.63) is 60.3 Å². The zero-order valence-corrected chi connectivity index (χ0v) is 15.8. The van der Waals surface area contributed by atoms with E-state index in [1.165, 1.54) is 0 Å². The molecule has 1 aromatic heterocycles. The van der Waals surface area contributed by atoms with Crippen molar-refractivity contribution in [1.29, 1.82) is 0 Å². The molecule has 0 radical (unpaired) electrons. The Morgan fingerprint density at radius 2 is 1.26 bits per heavy atom. The topological polar surface area (TPSA) is 68.3 Å². The zero-order chi connectivity index (χ0) is 19.1. The van der Waals surface area contributed by atoms with Crippen molar-refractivity contribution in [2.45, 2.75) is 20.8 Å². The molecular formula is C21H24N4O2. The van der Waals surface area contributed by atoms with E-state index in [4.69, 9.17) is 9.47 Å². The third-order valence-electron chi connectivity index (χ3n) is 3.71. The number of nitrogens with one attached hydrogen (secondary N) is 2. The normalized spacial score (nSPS) is 10.3. The molecular weight excluding hydrogens is 340 g/mol. The maximum absolute atomic E-state index is 5.47. The summed E-state index contributed by atoms with van der Waals surface area (Å²) in [7, 11) is 0. The minimum Gasteiger partial charge on any atom is -0.494 e. The molecule has 3 aromatic rings. The first-order valence-corrected chi connectivity index (χ1v) is 9.01. The maximum atomic E-state index is 5.47. The number of rotatable bonds is 8. The second-order valence-electron chi connectivity index (χ2n) is 5.88. The predicted molar refractivity (Wildman–Crippen MR) is 109 cm³/mol. The highest BCUT2D eigenvalue weighted by Gasteiger charge is 2.04. The summed E-state index contributed by atoms with van der Waals surface area (Å²) >= 11 is 0. The van der Waals surface area contributed by atoms with Gasteiger partial charge < -0.3 is 20.1 Å². The molecule has 0 aliphatic rings. The lowest BCUT2D eigenvalue weighted by Crippen LogP contribution is -2.02. The van der Waals surface area contributed by atoms with Gasteiger partial charge in [0, 0.05) is 23.1 Å². The smallest absolute Gasteiger partial charge is 0.229 e. The summed E-state index contributed by atoms with van der Waals surface area (Å²) in [6.07, 6.45) is 0. The second kappa shape index (κ2) is 8.89. The highest BCUT2D eigenvalue weighted by Crippen LogP contribution is 2.22. The highest BCUT2D eigenvalue weighted by molar-refractivity contribution is 5.61. The predicted octanol–water partition coefficient (Wildman–Crippen LogP) is 5.07. The number of aromatic nitrogens is 2. The molecule has 3 rings (SSSR count). The van der Waals surface area contributed by atoms with E-state index in [2.05, 4.69) is 20.6 Å². The van der Waals surface area contributed by atoms with Crippen LogP contribution >= 0.6 is 0 Å². The van der Waals surface area contributed by atoms with Gasteiger partial charge in [-0.25, -0.2) is 4.98 Å². The fourth-order valence-corrected chi connectivity index (χ4v) is 2.57. The number of benzene rings is 2. The third kappa shape index (κ3) is 5.34. The molecule has 0 aliphatic heterocycles. The molecule has 27 heavy (non-hydrogen) atoms. The number of ether oxygens (including phenoxy) is 2. The molecule has 0 spiro atoms. The molecule has 6 nitrogen and oxygen atoms in total. The van der Waals surface area contributed by atoms with E-state index in [0.29, 0.717) is 19.2 Å². The van der Waals surface area contributed by atoms with E-state index >= 15 is 0 Å². The molecule has 140 valence electrons. The number of nitrogens with zero attached hydrogens (tertiary/aromatic N) is 2. The second-order valence-corrected chi connectivity index (χ2v) is 5.88. The maximum Gasteiger partial charge on any atom is 0.229 e. The Labute approximate surface area is 159 Å². The lowest BCUT2D eigenvalue weighted by molar-refractivity contribution is 0.340. The van der Waals surface area contributed by atoms with E-state index < -0.39 is 0 Å². The van der Waals surface area contributed by atoms with Crippen LogP contribution in [0.25, 0.3) is 0 Å². The summed E-state index contributed by atoms with van der Waals surface area (Å²) in [5, 5.41) is 6.53. The largest absolute Gasteiger partial charge is 0.494 e. The zero-order valence-electron chi connectivity index (χ0n) is 15.8. The van der Waals surface area contributed by atoms with Crippen molar-refractivity contribution in [3.63, 3.8) is 0 Å². The minimum absolute atomic E-state index is 0.535. The monoisotopic (exact) mass is 364 g/mol. The third-order valence-corrected chi connectivity index (χ3v) is 3.71. The number of hydrogen-bond donors (Lipinski definition) is 2. The molecule has 0 saturated carbocycles. The highest BCUT2D eigenvalue weighted by atomic mass is 16.5. The molecule has 0 fully saturated rings. The van der Waals surface area contributed by atoms with Crippen molar-refractivity contribution >= 4 is 23.1 Å². The molecule has 0 bridgehead atoms. The van der Waals surface area contributed by atoms with E-state index in [1.807, 2.05) is 75.4 Å². The standard InChI is InChI=1S/C21H24N4O2/c1-4-26-18-10-6-16(7-11-18)23-20-14-15(3)22-21(25-20)24-17-8-12-19(13-9-17)27-5-2/h6-14H,4-5H2,1-3H3,(H2,22,23,24,25). The van der Waals surface area contributed by atoms with Gasteiger partial charge in [-0.05, 0) is 69.3 Å². The summed E-state index contributed by atoms with van der Waals surface area (Å²) in [6.45, 7) is 7.17. The van der Waals surface area contributed by atoms with E-state index in [1.54, 1.807) is 0 Å². The van der Waals surface area contributed by atoms with Crippen molar-refractivity contribution in [2.75, 3.05) is 23.8 Å². The van der Waals surface area contributed by atoms with Crippen LogP contribution in [-0.2, 0) is 0 Å². The average Bonchev–Trinajstić information content (AvgIpc) is 2.65. The summed E-state index contributed by atoms with van der Waals surface area (Å²) in [5.41, 5.74) is 2.70. The Bertz CT molecular complexity index is 795. The molecule has 0 atom stereocenters. The van der Waals surface area contributed by atoms with Crippen LogP contribution in [-0.4, -0.2) is 23.2 Å². The summed E-state index contributed by atoms with van der Waals surface area (Å²) in [5.74, 6) is 2.94. The first kappa shape index (κ1) is 18.5. The van der Waals surface area contributed by atoms with Crippen LogP contribution in [0.2, 0.25) is 0 Å². The van der Waals surface area contributed by atoms with E-state index in [-0.39, 0.29) is 0 Å². The lowest BCUT2D eigenvalue weighted by Gasteiger charge is -2.11. The molecule has 1 heterocycles. The molecule has 6 heteroatoms. The minimum atomic E-state index is 0.535. The fraction of sp³-hybridized carbons (Fsp3) is 0.238. The fourth-order valence-electron chi connectivity index (χ4n) is 2.57. The van der Waals surface area contributed by atoms with Gasteiger partial charge in [-0.1, -0.05) is 0 Å². The number of anilines is 4. The van der Waals surface area contributed by atoms with Crippen LogP contribution in [0.4, 0.5) is 23.1 Å². The summed E-state index contributed by atoms with van der Waals surface area (Å²) in [4.78, 5) is 9.00. The van der Waals surface area contributed by atoms with Crippen molar-refractivity contribution in [1.82, 2.24) is 9.97 Å². The van der Waals surface area contributed by atoms with Crippen molar-refractivity contribution in [3.8, 4) is 11.5 Å². The Balaban J connectivity index is 1.71. The van der Waals surface area contributed by atoms with Crippen LogP contribution in [0.3, 0.4) is 0 Å². The average molecular weight is 364 g/mol. The van der Waals surface area contributed by atoms with Crippen LogP contribution in [0.5, 0.6) is 11.5 Å². The van der Waals surface area contributed by atoms with Gasteiger partial charge in [0.2, 0.25) is 5.95 Å². The van der Waals surface area contributed by atoms with Gasteiger partial charge >= 0.3 is 0 Å². The van der Waals surface area contributed by atoms with Crippen LogP contribution in [0.1, 0.15) is 19.5 Å². The lowest BCUT2D eigenvalue weighted by atomic mass is 10.3. The van der Waals surface area contributed by atoms with Gasteiger partial charge in [0.15, 0.2) is 0 Å². The Kier molecular flexibility index (Phi) is 6.10. The first-order chi connectivity index (χ1) is 13.2. The molecule has 0 amide bonds. The number of hydrogen-bond acceptors (Lipinski definition) is 6. The Morgan fingerprint density at radius 1 is 0.741 bits per heavy atom. The van der Waals surface area contributed by atoms with Crippen molar-refractivity contribution in [2.24, 2.45) is 0 Å². The SMILES string of the molecule is CCOc1ccc(Nc2cc(C)nc(Nc3ccc(OCC)cc3)n2)cc1. The van der Waals surface area contributed by atoms with Crippen molar-refractivity contribution < 1.29 is 9.47 Å². The van der Waals surface area contributed by atoms with Gasteiger partial charge in [-0.2, -0.15) is 4.98 Å². The molecule has 0 saturated heterocycles. The van der Waals surface area contributed by atoms with Gasteiger partial charge in [0.25, 0.3) is 0 Å². The van der Waals surface area contributed by atoms with Gasteiger partial charge in [-0.15, -0.1) is 0 Å². The Hall–Kier alpha value is -3.28. The van der Waals surface area contributed by atoms with Gasteiger partial charge in [0.05, 0.1) is 13.2 Å². The molecule has 2 aromatic carbocycles. The first-order valence-electron chi connectivity index (χ1n) is 9.01. The summed E-state index contributed by atoms with van der Waals surface area (Å²) in [6, 6.07) is 17.4. The van der Waals surface area contributed by atoms with Crippen LogP contribution in [0.15, 0.2) is 54.6 Å². The quantitative estimate of drug-likeness (QED) is 0.582. The summed E-state index contributed by atoms with van der Waals surface area (Å²) < 4.78 is 10.9. The van der Waals surface area contributed by atoms with Crippen LogP contribution in [0, 0.1) is 6.92 Å². The van der Waals surface area contributed by atoms with Gasteiger partial charge in [0.1, 0.15) is 17.3 Å². The number of aryl methyl sites for hydroxylation is 1. The molecule has 2 N–H and O–H groups in total. The molecule has 0 unspecified atom stereocenters.